The standard InChI is InChI=1S/C14H9BO2S2/c1-17-14(16)8-5-6-10-12(7-8)18-11-4-2-3-9(15)13(11)19-10/h2-7H,1H3. The summed E-state index contributed by atoms with van der Waals surface area (Å²) in [4.78, 5) is 15.9. The monoisotopic (exact) mass is 284 g/mol. The zero-order valence-electron chi connectivity index (χ0n) is 10.2. The van der Waals surface area contributed by atoms with Gasteiger partial charge in [-0.2, -0.15) is 0 Å². The quantitative estimate of drug-likeness (QED) is 0.507. The van der Waals surface area contributed by atoms with Crippen molar-refractivity contribution in [1.82, 2.24) is 0 Å². The molecule has 19 heavy (non-hydrogen) atoms. The molecular weight excluding hydrogens is 275 g/mol. The normalized spacial score (nSPS) is 12.5. The predicted octanol–water partition coefficient (Wildman–Crippen LogP) is 2.88. The van der Waals surface area contributed by atoms with Crippen LogP contribution in [0.25, 0.3) is 0 Å². The molecule has 1 heterocycles. The molecule has 0 aliphatic carbocycles. The fraction of sp³-hybridized carbons (Fsp3) is 0.0714. The van der Waals surface area contributed by atoms with Gasteiger partial charge in [0.05, 0.1) is 12.7 Å². The van der Waals surface area contributed by atoms with Crippen LogP contribution >= 0.6 is 23.5 Å². The van der Waals surface area contributed by atoms with Crippen molar-refractivity contribution in [3.05, 3.63) is 42.0 Å². The van der Waals surface area contributed by atoms with E-state index in [1.165, 1.54) is 7.11 Å². The van der Waals surface area contributed by atoms with E-state index in [1.54, 1.807) is 29.6 Å². The smallest absolute Gasteiger partial charge is 0.337 e. The topological polar surface area (TPSA) is 26.3 Å². The van der Waals surface area contributed by atoms with E-state index in [4.69, 9.17) is 12.6 Å². The first-order valence-corrected chi connectivity index (χ1v) is 7.29. The summed E-state index contributed by atoms with van der Waals surface area (Å²) in [6.45, 7) is 0. The average molecular weight is 284 g/mol. The van der Waals surface area contributed by atoms with Gasteiger partial charge in [0.25, 0.3) is 0 Å². The Hall–Kier alpha value is -1.33. The molecular formula is C14H9BO2S2. The maximum absolute atomic E-state index is 11.5. The highest BCUT2D eigenvalue weighted by Gasteiger charge is 2.19. The fourth-order valence-corrected chi connectivity index (χ4v) is 4.19. The molecule has 3 rings (SSSR count). The van der Waals surface area contributed by atoms with Gasteiger partial charge in [0.2, 0.25) is 0 Å². The maximum atomic E-state index is 11.5. The van der Waals surface area contributed by atoms with Gasteiger partial charge in [-0.15, -0.1) is 0 Å². The Labute approximate surface area is 121 Å². The number of carbonyl (C=O) groups excluding carboxylic acids is 1. The first kappa shape index (κ1) is 12.7. The Morgan fingerprint density at radius 2 is 1.95 bits per heavy atom. The number of fused-ring (bicyclic) bond motifs is 2. The lowest BCUT2D eigenvalue weighted by Crippen LogP contribution is -2.09. The van der Waals surface area contributed by atoms with Crippen LogP contribution in [0, 0.1) is 0 Å². The highest BCUT2D eigenvalue weighted by Crippen LogP contribution is 2.47. The van der Waals surface area contributed by atoms with Crippen LogP contribution in [-0.4, -0.2) is 20.9 Å². The lowest BCUT2D eigenvalue weighted by molar-refractivity contribution is 0.0600. The van der Waals surface area contributed by atoms with Crippen LogP contribution < -0.4 is 5.46 Å². The molecule has 0 saturated carbocycles. The second-order valence-electron chi connectivity index (χ2n) is 4.03. The largest absolute Gasteiger partial charge is 0.465 e. The molecule has 2 radical (unpaired) electrons. The van der Waals surface area contributed by atoms with Gasteiger partial charge in [-0.1, -0.05) is 41.1 Å². The van der Waals surface area contributed by atoms with Crippen LogP contribution in [0.3, 0.4) is 0 Å². The number of rotatable bonds is 1. The average Bonchev–Trinajstić information content (AvgIpc) is 2.44. The van der Waals surface area contributed by atoms with Gasteiger partial charge in [-0.05, 0) is 24.3 Å². The highest BCUT2D eigenvalue weighted by atomic mass is 32.2. The Morgan fingerprint density at radius 3 is 2.74 bits per heavy atom. The molecule has 0 saturated heterocycles. The first-order chi connectivity index (χ1) is 9.19. The van der Waals surface area contributed by atoms with Crippen molar-refractivity contribution >= 4 is 42.8 Å². The van der Waals surface area contributed by atoms with Gasteiger partial charge in [0.15, 0.2) is 0 Å². The van der Waals surface area contributed by atoms with Gasteiger partial charge in [-0.25, -0.2) is 4.79 Å². The minimum atomic E-state index is -0.313. The lowest BCUT2D eigenvalue weighted by atomic mass is 9.96. The molecule has 0 bridgehead atoms. The summed E-state index contributed by atoms with van der Waals surface area (Å²) in [5, 5.41) is 0. The third-order valence-corrected chi connectivity index (χ3v) is 5.42. The summed E-state index contributed by atoms with van der Waals surface area (Å²) in [7, 11) is 7.38. The van der Waals surface area contributed by atoms with Gasteiger partial charge < -0.3 is 4.74 Å². The number of hydrogen-bond acceptors (Lipinski definition) is 4. The molecule has 0 spiro atoms. The number of esters is 1. The van der Waals surface area contributed by atoms with E-state index in [2.05, 4.69) is 0 Å². The Kier molecular flexibility index (Phi) is 3.33. The second kappa shape index (κ2) is 4.98. The summed E-state index contributed by atoms with van der Waals surface area (Å²) < 4.78 is 4.74. The zero-order valence-corrected chi connectivity index (χ0v) is 11.8. The van der Waals surface area contributed by atoms with Gasteiger partial charge >= 0.3 is 5.97 Å². The summed E-state index contributed by atoms with van der Waals surface area (Å²) in [6, 6.07) is 11.5. The first-order valence-electron chi connectivity index (χ1n) is 5.65. The number of carbonyl (C=O) groups is 1. The molecule has 2 aromatic rings. The SMILES string of the molecule is [B]c1cccc2c1Sc1ccc(C(=O)OC)cc1S2. The summed E-state index contributed by atoms with van der Waals surface area (Å²) in [5.41, 5.74) is 1.36. The molecule has 0 fully saturated rings. The third-order valence-electron chi connectivity index (χ3n) is 2.81. The van der Waals surface area contributed by atoms with Crippen molar-refractivity contribution in [3.63, 3.8) is 0 Å². The minimum absolute atomic E-state index is 0.313. The van der Waals surface area contributed by atoms with Crippen molar-refractivity contribution in [2.75, 3.05) is 7.11 Å². The molecule has 2 nitrogen and oxygen atoms in total. The molecule has 5 heteroatoms. The van der Waals surface area contributed by atoms with Crippen LogP contribution in [0.5, 0.6) is 0 Å². The van der Waals surface area contributed by atoms with E-state index in [1.807, 2.05) is 30.3 Å². The van der Waals surface area contributed by atoms with Crippen LogP contribution in [0.1, 0.15) is 10.4 Å². The maximum Gasteiger partial charge on any atom is 0.337 e. The number of benzene rings is 2. The van der Waals surface area contributed by atoms with Crippen molar-refractivity contribution in [3.8, 4) is 0 Å². The van der Waals surface area contributed by atoms with Crippen LogP contribution in [0.15, 0.2) is 56.0 Å². The van der Waals surface area contributed by atoms with Crippen molar-refractivity contribution in [1.29, 1.82) is 0 Å². The Balaban J connectivity index is 2.03. The molecule has 0 atom stereocenters. The van der Waals surface area contributed by atoms with E-state index in [0.29, 0.717) is 5.56 Å². The molecule has 1 aliphatic heterocycles. The van der Waals surface area contributed by atoms with E-state index in [9.17, 15) is 4.79 Å². The molecule has 2 aromatic carbocycles. The van der Waals surface area contributed by atoms with E-state index in [-0.39, 0.29) is 5.97 Å². The summed E-state index contributed by atoms with van der Waals surface area (Å²) in [5.74, 6) is -0.313. The highest BCUT2D eigenvalue weighted by molar-refractivity contribution is 8.05. The minimum Gasteiger partial charge on any atom is -0.465 e. The molecule has 0 amide bonds. The number of methoxy groups -OCH3 is 1. The van der Waals surface area contributed by atoms with Crippen LogP contribution in [-0.2, 0) is 4.74 Å². The van der Waals surface area contributed by atoms with Gasteiger partial charge in [0, 0.05) is 19.6 Å². The fourth-order valence-electron chi connectivity index (χ4n) is 1.87. The van der Waals surface area contributed by atoms with E-state index in [0.717, 1.165) is 25.0 Å². The van der Waals surface area contributed by atoms with Gasteiger partial charge in [-0.3, -0.25) is 0 Å². The molecule has 0 N–H and O–H groups in total. The van der Waals surface area contributed by atoms with E-state index >= 15 is 0 Å². The number of ether oxygens (including phenoxy) is 1. The van der Waals surface area contributed by atoms with E-state index < -0.39 is 0 Å². The Morgan fingerprint density at radius 1 is 1.11 bits per heavy atom. The second-order valence-corrected chi connectivity index (χ2v) is 6.17. The zero-order chi connectivity index (χ0) is 13.4. The predicted molar refractivity (Wildman–Crippen MR) is 77.9 cm³/mol. The summed E-state index contributed by atoms with van der Waals surface area (Å²) >= 11 is 3.27. The molecule has 0 unspecified atom stereocenters. The lowest BCUT2D eigenvalue weighted by Gasteiger charge is -2.20. The summed E-state index contributed by atoms with van der Waals surface area (Å²) in [6.07, 6.45) is 0. The van der Waals surface area contributed by atoms with Crippen molar-refractivity contribution < 1.29 is 9.53 Å². The Bertz CT molecular complexity index is 670. The van der Waals surface area contributed by atoms with Crippen molar-refractivity contribution in [2.24, 2.45) is 0 Å². The van der Waals surface area contributed by atoms with Crippen LogP contribution in [0.4, 0.5) is 0 Å². The number of hydrogen-bond donors (Lipinski definition) is 0. The van der Waals surface area contributed by atoms with Gasteiger partial charge in [0.1, 0.15) is 7.85 Å². The third kappa shape index (κ3) is 2.28. The molecule has 1 aliphatic rings. The molecule has 0 aromatic heterocycles. The molecule has 92 valence electrons. The van der Waals surface area contributed by atoms with Crippen LogP contribution in [0.2, 0.25) is 0 Å². The van der Waals surface area contributed by atoms with Crippen molar-refractivity contribution in [2.45, 2.75) is 19.6 Å².